The van der Waals surface area contributed by atoms with Crippen LogP contribution in [0.25, 0.3) is 32.8 Å². The van der Waals surface area contributed by atoms with E-state index < -0.39 is 5.60 Å². The second kappa shape index (κ2) is 9.28. The van der Waals surface area contributed by atoms with Crippen LogP contribution in [0.5, 0.6) is 5.75 Å². The average Bonchev–Trinajstić information content (AvgIpc) is 3.49. The zero-order chi connectivity index (χ0) is 25.6. The Balaban J connectivity index is 1.53. The molecule has 36 heavy (non-hydrogen) atoms. The lowest BCUT2D eigenvalue weighted by molar-refractivity contribution is 0.0501. The molecule has 5 rings (SSSR count). The Kier molecular flexibility index (Phi) is 6.29. The van der Waals surface area contributed by atoms with E-state index in [1.54, 1.807) is 7.11 Å². The molecule has 2 atom stereocenters. The van der Waals surface area contributed by atoms with Crippen LogP contribution in [0, 0.1) is 6.92 Å². The lowest BCUT2D eigenvalue weighted by Crippen LogP contribution is -2.40. The van der Waals surface area contributed by atoms with Gasteiger partial charge in [-0.3, -0.25) is 4.79 Å². The molecule has 0 bridgehead atoms. The van der Waals surface area contributed by atoms with E-state index >= 15 is 0 Å². The van der Waals surface area contributed by atoms with Crippen molar-refractivity contribution in [1.29, 1.82) is 0 Å². The number of benzene rings is 2. The fourth-order valence-electron chi connectivity index (χ4n) is 5.40. The maximum Gasteiger partial charge on any atom is 0.407 e. The quantitative estimate of drug-likeness (QED) is 0.317. The highest BCUT2D eigenvalue weighted by molar-refractivity contribution is 7.09. The van der Waals surface area contributed by atoms with Crippen molar-refractivity contribution in [3.05, 3.63) is 62.6 Å². The van der Waals surface area contributed by atoms with E-state index in [2.05, 4.69) is 34.6 Å². The van der Waals surface area contributed by atoms with Crippen molar-refractivity contribution in [3.8, 4) is 16.9 Å². The Morgan fingerprint density at radius 1 is 1.11 bits per heavy atom. The number of thiophene rings is 1. The second-order valence-electron chi connectivity index (χ2n) is 10.6. The fourth-order valence-corrected chi connectivity index (χ4v) is 6.22. The number of rotatable bonds is 4. The van der Waals surface area contributed by atoms with Gasteiger partial charge in [-0.1, -0.05) is 30.7 Å². The highest BCUT2D eigenvalue weighted by atomic mass is 32.1. The van der Waals surface area contributed by atoms with Crippen molar-refractivity contribution in [2.24, 2.45) is 0 Å². The Labute approximate surface area is 214 Å². The van der Waals surface area contributed by atoms with Gasteiger partial charge in [0, 0.05) is 33.7 Å². The Bertz CT molecular complexity index is 1490. The van der Waals surface area contributed by atoms with Crippen LogP contribution >= 0.6 is 11.3 Å². The third-order valence-corrected chi connectivity index (χ3v) is 7.71. The van der Waals surface area contributed by atoms with Crippen LogP contribution in [0.3, 0.4) is 0 Å². The summed E-state index contributed by atoms with van der Waals surface area (Å²) in [6, 6.07) is 10.6. The normalized spacial score (nSPS) is 18.0. The summed E-state index contributed by atoms with van der Waals surface area (Å²) in [7, 11) is 1.68. The van der Waals surface area contributed by atoms with Gasteiger partial charge in [0.15, 0.2) is 0 Å². The second-order valence-corrected chi connectivity index (χ2v) is 11.3. The highest BCUT2D eigenvalue weighted by Crippen LogP contribution is 2.42. The minimum Gasteiger partial charge on any atom is -0.496 e. The van der Waals surface area contributed by atoms with Gasteiger partial charge in [-0.05, 0) is 68.7 Å². The summed E-state index contributed by atoms with van der Waals surface area (Å²) in [5.74, 6) is 1.01. The van der Waals surface area contributed by atoms with E-state index in [1.807, 2.05) is 44.5 Å². The molecular weight excluding hydrogens is 472 g/mol. The molecule has 0 aliphatic heterocycles. The minimum absolute atomic E-state index is 0.0518. The molecule has 2 aromatic carbocycles. The molecule has 2 heterocycles. The molecule has 1 amide bonds. The summed E-state index contributed by atoms with van der Waals surface area (Å²) >= 11 is 1.53. The van der Waals surface area contributed by atoms with Crippen molar-refractivity contribution in [2.45, 2.75) is 64.5 Å². The molecule has 0 radical (unpaired) electrons. The van der Waals surface area contributed by atoms with Gasteiger partial charge in [-0.15, -0.1) is 0 Å². The number of hydrogen-bond acceptors (Lipinski definition) is 5. The van der Waals surface area contributed by atoms with E-state index in [4.69, 9.17) is 9.47 Å². The van der Waals surface area contributed by atoms with Gasteiger partial charge in [0.05, 0.1) is 18.0 Å². The van der Waals surface area contributed by atoms with Crippen LogP contribution in [0.2, 0.25) is 0 Å². The molecule has 0 spiro atoms. The molecule has 7 heteroatoms. The number of aromatic amines is 1. The number of nitrogens with one attached hydrogen (secondary N) is 2. The molecule has 2 aromatic heterocycles. The van der Waals surface area contributed by atoms with E-state index in [9.17, 15) is 9.59 Å². The number of hydrogen-bond donors (Lipinski definition) is 2. The van der Waals surface area contributed by atoms with Gasteiger partial charge in [-0.2, -0.15) is 11.3 Å². The van der Waals surface area contributed by atoms with E-state index in [0.29, 0.717) is 5.39 Å². The summed E-state index contributed by atoms with van der Waals surface area (Å²) in [4.78, 5) is 28.1. The summed E-state index contributed by atoms with van der Waals surface area (Å²) in [5.41, 5.74) is 4.40. The van der Waals surface area contributed by atoms with Crippen LogP contribution in [-0.4, -0.2) is 29.8 Å². The van der Waals surface area contributed by atoms with Crippen LogP contribution in [0.15, 0.2) is 45.9 Å². The molecule has 1 aliphatic carbocycles. The van der Waals surface area contributed by atoms with Crippen molar-refractivity contribution >= 4 is 39.1 Å². The van der Waals surface area contributed by atoms with Gasteiger partial charge in [0.2, 0.25) is 0 Å². The first kappa shape index (κ1) is 24.4. The molecule has 6 nitrogen and oxygen atoms in total. The number of H-pyrrole nitrogens is 1. The summed E-state index contributed by atoms with van der Waals surface area (Å²) in [6.07, 6.45) is 2.66. The number of carbonyl (C=O) groups excluding carboxylic acids is 1. The first-order valence-corrected chi connectivity index (χ1v) is 13.3. The lowest BCUT2D eigenvalue weighted by Gasteiger charge is -2.25. The Morgan fingerprint density at radius 2 is 1.83 bits per heavy atom. The fraction of sp³-hybridized carbons (Fsp3) is 0.379. The maximum atomic E-state index is 12.7. The van der Waals surface area contributed by atoms with E-state index in [0.717, 1.165) is 58.0 Å². The monoisotopic (exact) mass is 504 g/mol. The van der Waals surface area contributed by atoms with Gasteiger partial charge in [0.25, 0.3) is 5.56 Å². The van der Waals surface area contributed by atoms with Crippen LogP contribution in [-0.2, 0) is 4.74 Å². The smallest absolute Gasteiger partial charge is 0.407 e. The molecule has 1 aliphatic rings. The maximum absolute atomic E-state index is 12.7. The van der Waals surface area contributed by atoms with Gasteiger partial charge >= 0.3 is 6.09 Å². The van der Waals surface area contributed by atoms with Crippen molar-refractivity contribution in [2.75, 3.05) is 7.11 Å². The van der Waals surface area contributed by atoms with Gasteiger partial charge in [0.1, 0.15) is 11.4 Å². The van der Waals surface area contributed by atoms with Crippen LogP contribution in [0.1, 0.15) is 57.1 Å². The van der Waals surface area contributed by atoms with Crippen LogP contribution in [0.4, 0.5) is 4.79 Å². The van der Waals surface area contributed by atoms with E-state index in [1.165, 1.54) is 16.9 Å². The van der Waals surface area contributed by atoms with Crippen molar-refractivity contribution in [1.82, 2.24) is 10.3 Å². The number of aromatic nitrogens is 1. The van der Waals surface area contributed by atoms with Gasteiger partial charge in [-0.25, -0.2) is 4.79 Å². The summed E-state index contributed by atoms with van der Waals surface area (Å²) in [5, 5.41) is 9.66. The SMILES string of the molecule is COc1cc(C)c2[nH]c(=O)c3cscc3c2c1-c1ccc([C@H]2CCC[C@H]2NC(=O)OC(C)(C)C)cc1. The molecular formula is C29H32N2O4S. The number of carbonyl (C=O) groups is 1. The number of aryl methyl sites for hydroxylation is 1. The first-order valence-electron chi connectivity index (χ1n) is 12.4. The predicted octanol–water partition coefficient (Wildman–Crippen LogP) is 6.89. The molecule has 1 fully saturated rings. The number of ether oxygens (including phenoxy) is 2. The topological polar surface area (TPSA) is 80.4 Å². The Hall–Kier alpha value is -3.32. The average molecular weight is 505 g/mol. The third-order valence-electron chi connectivity index (χ3n) is 6.97. The number of methoxy groups -OCH3 is 1. The third kappa shape index (κ3) is 4.48. The number of pyridine rings is 1. The van der Waals surface area contributed by atoms with Crippen molar-refractivity contribution in [3.63, 3.8) is 0 Å². The first-order chi connectivity index (χ1) is 17.2. The van der Waals surface area contributed by atoms with Gasteiger partial charge < -0.3 is 19.8 Å². The molecule has 2 N–H and O–H groups in total. The molecule has 188 valence electrons. The van der Waals surface area contributed by atoms with Crippen molar-refractivity contribution < 1.29 is 14.3 Å². The number of alkyl carbamates (subject to hydrolysis) is 1. The predicted molar refractivity (Wildman–Crippen MR) is 146 cm³/mol. The molecule has 1 saturated carbocycles. The summed E-state index contributed by atoms with van der Waals surface area (Å²) < 4.78 is 11.3. The van der Waals surface area contributed by atoms with E-state index in [-0.39, 0.29) is 23.6 Å². The molecule has 0 unspecified atom stereocenters. The standard InChI is InChI=1S/C29H32N2O4S/c1-16-13-23(34-5)24(25-20-14-36-15-21(20)27(32)31-26(16)25)18-11-9-17(10-12-18)19-7-6-8-22(19)30-28(33)35-29(2,3)4/h9-15,19,22H,6-8H2,1-5H3,(H,30,33)(H,31,32)/t19-,22-/m1/s1. The lowest BCUT2D eigenvalue weighted by atomic mass is 9.90. The molecule has 4 aromatic rings. The Morgan fingerprint density at radius 3 is 2.53 bits per heavy atom. The molecule has 0 saturated heterocycles. The largest absolute Gasteiger partial charge is 0.496 e. The van der Waals surface area contributed by atoms with Crippen LogP contribution < -0.4 is 15.6 Å². The highest BCUT2D eigenvalue weighted by Gasteiger charge is 2.31. The number of fused-ring (bicyclic) bond motifs is 3. The zero-order valence-electron chi connectivity index (χ0n) is 21.4. The minimum atomic E-state index is -0.520. The number of amides is 1. The zero-order valence-corrected chi connectivity index (χ0v) is 22.2. The summed E-state index contributed by atoms with van der Waals surface area (Å²) in [6.45, 7) is 7.61.